The highest BCUT2D eigenvalue weighted by molar-refractivity contribution is 7.99. The Morgan fingerprint density at radius 3 is 2.38 bits per heavy atom. The number of carbonyl (C=O) groups excluding carboxylic acids is 2. The lowest BCUT2D eigenvalue weighted by atomic mass is 10.1. The van der Waals surface area contributed by atoms with Crippen molar-refractivity contribution in [2.75, 3.05) is 12.3 Å². The predicted molar refractivity (Wildman–Crippen MR) is 121 cm³/mol. The average Bonchev–Trinajstić information content (AvgIpc) is 2.74. The average molecular weight is 433 g/mol. The summed E-state index contributed by atoms with van der Waals surface area (Å²) >= 11 is 7.64. The molecule has 1 N–H and O–H groups in total. The standard InChI is InChI=1S/C23H29ClN2O2S/c1-3-15-25-23(28)21(4-2)26(17-18-10-12-19(24)13-11-18)22(27)14-16-29-20-8-6-5-7-9-20/h5-13,21H,3-4,14-17H2,1-2H3,(H,25,28)/t21-/m1/s1. The Morgan fingerprint density at radius 1 is 1.07 bits per heavy atom. The number of nitrogens with one attached hydrogen (secondary N) is 1. The monoisotopic (exact) mass is 432 g/mol. The Kier molecular flexibility index (Phi) is 10.1. The van der Waals surface area contributed by atoms with E-state index in [0.29, 0.717) is 36.7 Å². The molecule has 0 saturated heterocycles. The number of carbonyl (C=O) groups is 2. The van der Waals surface area contributed by atoms with Gasteiger partial charge in [-0.05, 0) is 42.7 Å². The molecule has 156 valence electrons. The van der Waals surface area contributed by atoms with Crippen LogP contribution in [0.3, 0.4) is 0 Å². The summed E-state index contributed by atoms with van der Waals surface area (Å²) in [4.78, 5) is 28.6. The molecule has 0 radical (unpaired) electrons. The Labute approximate surface area is 183 Å². The van der Waals surface area contributed by atoms with Crippen LogP contribution in [0, 0.1) is 0 Å². The Balaban J connectivity index is 2.09. The fourth-order valence-corrected chi connectivity index (χ4v) is 3.98. The van der Waals surface area contributed by atoms with Gasteiger partial charge >= 0.3 is 0 Å². The van der Waals surface area contributed by atoms with E-state index in [1.807, 2.05) is 68.4 Å². The summed E-state index contributed by atoms with van der Waals surface area (Å²) in [5, 5.41) is 3.59. The predicted octanol–water partition coefficient (Wildman–Crippen LogP) is 5.16. The van der Waals surface area contributed by atoms with Crippen LogP contribution in [-0.2, 0) is 16.1 Å². The van der Waals surface area contributed by atoms with Gasteiger partial charge in [-0.2, -0.15) is 0 Å². The topological polar surface area (TPSA) is 49.4 Å². The molecule has 0 heterocycles. The molecule has 2 aromatic carbocycles. The molecule has 2 aromatic rings. The zero-order valence-electron chi connectivity index (χ0n) is 17.1. The maximum atomic E-state index is 13.1. The number of hydrogen-bond donors (Lipinski definition) is 1. The quantitative estimate of drug-likeness (QED) is 0.499. The van der Waals surface area contributed by atoms with Crippen molar-refractivity contribution in [2.24, 2.45) is 0 Å². The Bertz CT molecular complexity index is 768. The molecular weight excluding hydrogens is 404 g/mol. The molecule has 2 amide bonds. The highest BCUT2D eigenvalue weighted by Crippen LogP contribution is 2.20. The minimum absolute atomic E-state index is 0.0121. The van der Waals surface area contributed by atoms with Crippen molar-refractivity contribution in [2.45, 2.75) is 50.6 Å². The molecule has 0 fully saturated rings. The maximum absolute atomic E-state index is 13.1. The summed E-state index contributed by atoms with van der Waals surface area (Å²) in [6.07, 6.45) is 1.81. The molecule has 0 spiro atoms. The van der Waals surface area contributed by atoms with Crippen molar-refractivity contribution in [1.82, 2.24) is 10.2 Å². The van der Waals surface area contributed by atoms with Gasteiger partial charge in [-0.3, -0.25) is 9.59 Å². The van der Waals surface area contributed by atoms with Crippen molar-refractivity contribution in [3.05, 3.63) is 65.2 Å². The van der Waals surface area contributed by atoms with E-state index in [1.54, 1.807) is 16.7 Å². The van der Waals surface area contributed by atoms with Gasteiger partial charge in [0.15, 0.2) is 0 Å². The Morgan fingerprint density at radius 2 is 1.76 bits per heavy atom. The highest BCUT2D eigenvalue weighted by Gasteiger charge is 2.28. The fourth-order valence-electron chi connectivity index (χ4n) is 2.99. The normalized spacial score (nSPS) is 11.7. The van der Waals surface area contributed by atoms with E-state index >= 15 is 0 Å². The van der Waals surface area contributed by atoms with Gasteiger partial charge in [-0.25, -0.2) is 0 Å². The zero-order valence-corrected chi connectivity index (χ0v) is 18.6. The van der Waals surface area contributed by atoms with E-state index in [0.717, 1.165) is 16.9 Å². The first kappa shape index (κ1) is 23.3. The lowest BCUT2D eigenvalue weighted by Crippen LogP contribution is -2.49. The molecule has 2 rings (SSSR count). The van der Waals surface area contributed by atoms with Crippen LogP contribution in [0.25, 0.3) is 0 Å². The first-order valence-corrected chi connectivity index (χ1v) is 11.4. The summed E-state index contributed by atoms with van der Waals surface area (Å²) in [5.41, 5.74) is 0.959. The molecule has 0 saturated carbocycles. The zero-order chi connectivity index (χ0) is 21.1. The summed E-state index contributed by atoms with van der Waals surface area (Å²) in [5.74, 6) is 0.571. The molecule has 0 aliphatic heterocycles. The number of benzene rings is 2. The summed E-state index contributed by atoms with van der Waals surface area (Å²) in [6, 6.07) is 17.0. The lowest BCUT2D eigenvalue weighted by Gasteiger charge is -2.30. The van der Waals surface area contributed by atoms with Crippen LogP contribution in [0.1, 0.15) is 38.7 Å². The largest absolute Gasteiger partial charge is 0.354 e. The molecule has 0 aromatic heterocycles. The van der Waals surface area contributed by atoms with Gasteiger partial charge in [0.2, 0.25) is 11.8 Å². The van der Waals surface area contributed by atoms with Crippen molar-refractivity contribution < 1.29 is 9.59 Å². The smallest absolute Gasteiger partial charge is 0.242 e. The van der Waals surface area contributed by atoms with E-state index < -0.39 is 6.04 Å². The van der Waals surface area contributed by atoms with Crippen molar-refractivity contribution in [1.29, 1.82) is 0 Å². The summed E-state index contributed by atoms with van der Waals surface area (Å²) < 4.78 is 0. The van der Waals surface area contributed by atoms with Gasteiger partial charge < -0.3 is 10.2 Å². The van der Waals surface area contributed by atoms with Crippen molar-refractivity contribution in [3.63, 3.8) is 0 Å². The van der Waals surface area contributed by atoms with Crippen LogP contribution in [0.5, 0.6) is 0 Å². The first-order valence-electron chi connectivity index (χ1n) is 10.0. The van der Waals surface area contributed by atoms with E-state index in [1.165, 1.54) is 0 Å². The molecule has 0 aliphatic carbocycles. The Hall–Kier alpha value is -1.98. The third-order valence-corrected chi connectivity index (χ3v) is 5.79. The van der Waals surface area contributed by atoms with Crippen LogP contribution in [0.15, 0.2) is 59.5 Å². The van der Waals surface area contributed by atoms with E-state index in [2.05, 4.69) is 5.32 Å². The molecule has 0 aliphatic rings. The molecule has 6 heteroatoms. The molecule has 0 unspecified atom stereocenters. The number of halogens is 1. The van der Waals surface area contributed by atoms with Crippen LogP contribution in [0.4, 0.5) is 0 Å². The van der Waals surface area contributed by atoms with Crippen molar-refractivity contribution in [3.8, 4) is 0 Å². The van der Waals surface area contributed by atoms with Gasteiger partial charge in [0, 0.05) is 35.2 Å². The second kappa shape index (κ2) is 12.6. The first-order chi connectivity index (χ1) is 14.0. The van der Waals surface area contributed by atoms with E-state index in [4.69, 9.17) is 11.6 Å². The van der Waals surface area contributed by atoms with Crippen LogP contribution in [0.2, 0.25) is 5.02 Å². The van der Waals surface area contributed by atoms with Gasteiger partial charge in [0.25, 0.3) is 0 Å². The number of amides is 2. The van der Waals surface area contributed by atoms with Gasteiger partial charge in [0.05, 0.1) is 0 Å². The highest BCUT2D eigenvalue weighted by atomic mass is 35.5. The number of hydrogen-bond acceptors (Lipinski definition) is 3. The second-order valence-corrected chi connectivity index (χ2v) is 8.38. The molecule has 4 nitrogen and oxygen atoms in total. The molecule has 0 bridgehead atoms. The number of thioether (sulfide) groups is 1. The number of rotatable bonds is 11. The van der Waals surface area contributed by atoms with E-state index in [-0.39, 0.29) is 11.8 Å². The van der Waals surface area contributed by atoms with Crippen LogP contribution in [-0.4, -0.2) is 35.1 Å². The number of nitrogens with zero attached hydrogens (tertiary/aromatic N) is 1. The van der Waals surface area contributed by atoms with Gasteiger partial charge in [-0.1, -0.05) is 55.8 Å². The summed E-state index contributed by atoms with van der Waals surface area (Å²) in [7, 11) is 0. The third-order valence-electron chi connectivity index (χ3n) is 4.53. The molecule has 29 heavy (non-hydrogen) atoms. The SMILES string of the molecule is CCCNC(=O)[C@@H](CC)N(Cc1ccc(Cl)cc1)C(=O)CCSc1ccccc1. The fraction of sp³-hybridized carbons (Fsp3) is 0.391. The van der Waals surface area contributed by atoms with E-state index in [9.17, 15) is 9.59 Å². The minimum atomic E-state index is -0.480. The lowest BCUT2D eigenvalue weighted by molar-refractivity contribution is -0.141. The molecule has 1 atom stereocenters. The van der Waals surface area contributed by atoms with Gasteiger partial charge in [-0.15, -0.1) is 11.8 Å². The minimum Gasteiger partial charge on any atom is -0.354 e. The molecular formula is C23H29ClN2O2S. The van der Waals surface area contributed by atoms with Gasteiger partial charge in [0.1, 0.15) is 6.04 Å². The third kappa shape index (κ3) is 7.75. The maximum Gasteiger partial charge on any atom is 0.242 e. The van der Waals surface area contributed by atoms with Crippen LogP contribution < -0.4 is 5.32 Å². The second-order valence-electron chi connectivity index (χ2n) is 6.77. The van der Waals surface area contributed by atoms with Crippen LogP contribution >= 0.6 is 23.4 Å². The summed E-state index contributed by atoms with van der Waals surface area (Å²) in [6.45, 7) is 4.96. The van der Waals surface area contributed by atoms with Crippen molar-refractivity contribution >= 4 is 35.2 Å².